The van der Waals surface area contributed by atoms with Gasteiger partial charge in [-0.3, -0.25) is 9.80 Å². The molecule has 7 nitrogen and oxygen atoms in total. The second kappa shape index (κ2) is 6.75. The van der Waals surface area contributed by atoms with Gasteiger partial charge in [-0.2, -0.15) is 15.0 Å². The van der Waals surface area contributed by atoms with Crippen molar-refractivity contribution in [3.8, 4) is 0 Å². The molecular weight excluding hydrogens is 278 g/mol. The van der Waals surface area contributed by atoms with Crippen LogP contribution in [0.3, 0.4) is 0 Å². The number of hydrogen-bond acceptors (Lipinski definition) is 7. The van der Waals surface area contributed by atoms with Gasteiger partial charge in [-0.15, -0.1) is 0 Å². The maximum Gasteiger partial charge on any atom is 0.229 e. The minimum absolute atomic E-state index is 0.307. The van der Waals surface area contributed by atoms with Crippen molar-refractivity contribution in [2.45, 2.75) is 38.3 Å². The standard InChI is InChI=1S/C15H27N7/c1-20(2)15-18-13(17-14(16)19-15)11-21-7-5-6-12(10-21)22-8-3-4-9-22/h12H,3-11H2,1-2H3,(H2,16,17,18,19). The van der Waals surface area contributed by atoms with E-state index < -0.39 is 0 Å². The Hall–Kier alpha value is -1.47. The minimum Gasteiger partial charge on any atom is -0.368 e. The molecule has 2 aliphatic heterocycles. The molecule has 1 aromatic rings. The van der Waals surface area contributed by atoms with E-state index >= 15 is 0 Å². The van der Waals surface area contributed by atoms with Gasteiger partial charge in [0.05, 0.1) is 6.54 Å². The molecule has 122 valence electrons. The van der Waals surface area contributed by atoms with Gasteiger partial charge >= 0.3 is 0 Å². The summed E-state index contributed by atoms with van der Waals surface area (Å²) in [5, 5.41) is 0. The summed E-state index contributed by atoms with van der Waals surface area (Å²) in [6, 6.07) is 0.698. The van der Waals surface area contributed by atoms with Gasteiger partial charge in [0.1, 0.15) is 5.82 Å². The molecule has 1 atom stereocenters. The van der Waals surface area contributed by atoms with Crippen LogP contribution in [0.5, 0.6) is 0 Å². The Bertz CT molecular complexity index is 499. The lowest BCUT2D eigenvalue weighted by atomic mass is 10.0. The van der Waals surface area contributed by atoms with Crippen molar-refractivity contribution in [3.63, 3.8) is 0 Å². The maximum absolute atomic E-state index is 5.81. The molecule has 2 N–H and O–H groups in total. The summed E-state index contributed by atoms with van der Waals surface area (Å²) in [6.45, 7) is 5.53. The van der Waals surface area contributed by atoms with Gasteiger partial charge < -0.3 is 10.6 Å². The van der Waals surface area contributed by atoms with Crippen LogP contribution in [0.2, 0.25) is 0 Å². The van der Waals surface area contributed by atoms with E-state index in [1.807, 2.05) is 19.0 Å². The minimum atomic E-state index is 0.307. The smallest absolute Gasteiger partial charge is 0.229 e. The third-order valence-corrected chi connectivity index (χ3v) is 4.59. The summed E-state index contributed by atoms with van der Waals surface area (Å²) >= 11 is 0. The van der Waals surface area contributed by atoms with Gasteiger partial charge in [0, 0.05) is 26.7 Å². The van der Waals surface area contributed by atoms with Gasteiger partial charge in [0.15, 0.2) is 0 Å². The monoisotopic (exact) mass is 305 g/mol. The van der Waals surface area contributed by atoms with Crippen molar-refractivity contribution in [1.29, 1.82) is 0 Å². The Balaban J connectivity index is 1.64. The SMILES string of the molecule is CN(C)c1nc(N)nc(CN2CCCC(N3CCCC3)C2)n1. The van der Waals surface area contributed by atoms with E-state index in [0.717, 1.165) is 25.5 Å². The van der Waals surface area contributed by atoms with Crippen LogP contribution in [0.4, 0.5) is 11.9 Å². The fourth-order valence-corrected chi connectivity index (χ4v) is 3.48. The Morgan fingerprint density at radius 1 is 1.09 bits per heavy atom. The molecule has 22 heavy (non-hydrogen) atoms. The molecule has 0 aromatic carbocycles. The summed E-state index contributed by atoms with van der Waals surface area (Å²) in [7, 11) is 3.84. The molecule has 2 aliphatic rings. The second-order valence-corrected chi connectivity index (χ2v) is 6.58. The topological polar surface area (TPSA) is 74.4 Å². The van der Waals surface area contributed by atoms with E-state index in [4.69, 9.17) is 5.73 Å². The van der Waals surface area contributed by atoms with Crippen molar-refractivity contribution in [3.05, 3.63) is 5.82 Å². The molecule has 2 saturated heterocycles. The number of piperidine rings is 1. The lowest BCUT2D eigenvalue weighted by molar-refractivity contribution is 0.109. The number of anilines is 2. The van der Waals surface area contributed by atoms with Crippen LogP contribution in [-0.2, 0) is 6.54 Å². The molecule has 3 heterocycles. The molecule has 1 aromatic heterocycles. The van der Waals surface area contributed by atoms with Gasteiger partial charge in [-0.25, -0.2) is 0 Å². The molecule has 3 rings (SSSR count). The Morgan fingerprint density at radius 3 is 2.59 bits per heavy atom. The van der Waals surface area contributed by atoms with Crippen molar-refractivity contribution >= 4 is 11.9 Å². The van der Waals surface area contributed by atoms with Crippen LogP contribution >= 0.6 is 0 Å². The van der Waals surface area contributed by atoms with E-state index in [1.54, 1.807) is 0 Å². The van der Waals surface area contributed by atoms with E-state index in [2.05, 4.69) is 24.8 Å². The average molecular weight is 305 g/mol. The number of hydrogen-bond donors (Lipinski definition) is 1. The fourth-order valence-electron chi connectivity index (χ4n) is 3.48. The number of nitrogens with two attached hydrogens (primary N) is 1. The molecule has 7 heteroatoms. The highest BCUT2D eigenvalue weighted by Crippen LogP contribution is 2.21. The first-order valence-corrected chi connectivity index (χ1v) is 8.26. The van der Waals surface area contributed by atoms with Crippen molar-refractivity contribution in [1.82, 2.24) is 24.8 Å². The zero-order chi connectivity index (χ0) is 15.5. The number of nitrogen functional groups attached to an aromatic ring is 1. The van der Waals surface area contributed by atoms with Crippen molar-refractivity contribution in [2.75, 3.05) is 50.9 Å². The average Bonchev–Trinajstić information content (AvgIpc) is 3.01. The summed E-state index contributed by atoms with van der Waals surface area (Å²) in [5.41, 5.74) is 5.81. The van der Waals surface area contributed by atoms with Gasteiger partial charge in [-0.05, 0) is 45.3 Å². The summed E-state index contributed by atoms with van der Waals surface area (Å²) in [5.74, 6) is 1.72. The van der Waals surface area contributed by atoms with Crippen molar-refractivity contribution in [2.24, 2.45) is 0 Å². The number of rotatable bonds is 4. The fraction of sp³-hybridized carbons (Fsp3) is 0.800. The molecule has 0 amide bonds. The van der Waals surface area contributed by atoms with E-state index in [1.165, 1.54) is 38.8 Å². The predicted octanol–water partition coefficient (Wildman–Crippen LogP) is 0.580. The van der Waals surface area contributed by atoms with Crippen LogP contribution in [0.1, 0.15) is 31.5 Å². The Morgan fingerprint density at radius 2 is 1.86 bits per heavy atom. The summed E-state index contributed by atoms with van der Waals surface area (Å²) < 4.78 is 0. The first kappa shape index (κ1) is 15.4. The first-order valence-electron chi connectivity index (χ1n) is 8.26. The molecule has 0 saturated carbocycles. The molecular formula is C15H27N7. The first-order chi connectivity index (χ1) is 10.6. The lowest BCUT2D eigenvalue weighted by Gasteiger charge is -2.37. The molecule has 0 spiro atoms. The summed E-state index contributed by atoms with van der Waals surface area (Å²) in [6.07, 6.45) is 5.28. The second-order valence-electron chi connectivity index (χ2n) is 6.58. The molecule has 2 fully saturated rings. The zero-order valence-electron chi connectivity index (χ0n) is 13.7. The van der Waals surface area contributed by atoms with Crippen molar-refractivity contribution < 1.29 is 0 Å². The molecule has 0 aliphatic carbocycles. The normalized spacial score (nSPS) is 23.8. The van der Waals surface area contributed by atoms with Gasteiger partial charge in [-0.1, -0.05) is 0 Å². The van der Waals surface area contributed by atoms with Crippen LogP contribution in [-0.4, -0.2) is 71.1 Å². The quantitative estimate of drug-likeness (QED) is 0.872. The summed E-state index contributed by atoms with van der Waals surface area (Å²) in [4.78, 5) is 20.0. The Kier molecular flexibility index (Phi) is 4.73. The molecule has 0 bridgehead atoms. The van der Waals surface area contributed by atoms with Gasteiger partial charge in [0.2, 0.25) is 11.9 Å². The van der Waals surface area contributed by atoms with E-state index in [9.17, 15) is 0 Å². The number of nitrogens with zero attached hydrogens (tertiary/aromatic N) is 6. The highest BCUT2D eigenvalue weighted by atomic mass is 15.3. The van der Waals surface area contributed by atoms with Crippen LogP contribution in [0, 0.1) is 0 Å². The maximum atomic E-state index is 5.81. The third-order valence-electron chi connectivity index (χ3n) is 4.59. The van der Waals surface area contributed by atoms with Crippen LogP contribution in [0.15, 0.2) is 0 Å². The van der Waals surface area contributed by atoms with Gasteiger partial charge in [0.25, 0.3) is 0 Å². The largest absolute Gasteiger partial charge is 0.368 e. The number of likely N-dealkylation sites (tertiary alicyclic amines) is 2. The Labute approximate surface area is 132 Å². The van der Waals surface area contributed by atoms with E-state index in [-0.39, 0.29) is 0 Å². The van der Waals surface area contributed by atoms with Crippen LogP contribution < -0.4 is 10.6 Å². The molecule has 1 unspecified atom stereocenters. The van der Waals surface area contributed by atoms with E-state index in [0.29, 0.717) is 17.9 Å². The highest BCUT2D eigenvalue weighted by molar-refractivity contribution is 5.32. The molecule has 0 radical (unpaired) electrons. The van der Waals surface area contributed by atoms with Crippen LogP contribution in [0.25, 0.3) is 0 Å². The third kappa shape index (κ3) is 3.64. The predicted molar refractivity (Wildman–Crippen MR) is 87.7 cm³/mol. The lowest BCUT2D eigenvalue weighted by Crippen LogP contribution is -2.46. The number of aromatic nitrogens is 3. The zero-order valence-corrected chi connectivity index (χ0v) is 13.7. The highest BCUT2D eigenvalue weighted by Gasteiger charge is 2.27.